The molecule has 1 aromatic heterocycles. The molecule has 162 valence electrons. The molecule has 31 heavy (non-hydrogen) atoms. The molecule has 0 saturated carbocycles. The minimum absolute atomic E-state index is 0.0637. The number of halogens is 2. The Bertz CT molecular complexity index is 1200. The van der Waals surface area contributed by atoms with Crippen molar-refractivity contribution in [1.29, 1.82) is 0 Å². The van der Waals surface area contributed by atoms with Gasteiger partial charge >= 0.3 is 0 Å². The van der Waals surface area contributed by atoms with Crippen LogP contribution in [0, 0.1) is 0 Å². The zero-order valence-corrected chi connectivity index (χ0v) is 20.7. The molecular formula is C23H23Br2N3O3. The Hall–Kier alpha value is -2.45. The molecule has 0 radical (unpaired) electrons. The molecule has 0 aliphatic carbocycles. The zero-order chi connectivity index (χ0) is 22.5. The third kappa shape index (κ3) is 5.07. The summed E-state index contributed by atoms with van der Waals surface area (Å²) < 4.78 is 14.0. The van der Waals surface area contributed by atoms with Crippen LogP contribution in [0.1, 0.15) is 37.6 Å². The summed E-state index contributed by atoms with van der Waals surface area (Å²) in [5.41, 5.74) is 1.18. The van der Waals surface area contributed by atoms with Crippen LogP contribution in [0.2, 0.25) is 0 Å². The van der Waals surface area contributed by atoms with Crippen molar-refractivity contribution in [1.82, 2.24) is 9.66 Å². The van der Waals surface area contributed by atoms with E-state index in [1.54, 1.807) is 31.5 Å². The Morgan fingerprint density at radius 3 is 2.74 bits per heavy atom. The number of nitrogens with zero attached hydrogens (tertiary/aromatic N) is 3. The van der Waals surface area contributed by atoms with E-state index >= 15 is 0 Å². The van der Waals surface area contributed by atoms with E-state index < -0.39 is 0 Å². The van der Waals surface area contributed by atoms with Crippen molar-refractivity contribution in [2.24, 2.45) is 5.10 Å². The number of fused-ring (bicyclic) bond motifs is 1. The van der Waals surface area contributed by atoms with Gasteiger partial charge in [-0.3, -0.25) is 4.79 Å². The van der Waals surface area contributed by atoms with Gasteiger partial charge in [-0.15, -0.1) is 0 Å². The summed E-state index contributed by atoms with van der Waals surface area (Å²) in [6.07, 6.45) is 4.11. The lowest BCUT2D eigenvalue weighted by Gasteiger charge is -2.14. The average Bonchev–Trinajstić information content (AvgIpc) is 2.77. The highest BCUT2D eigenvalue weighted by atomic mass is 79.9. The van der Waals surface area contributed by atoms with Crippen LogP contribution in [0.15, 0.2) is 61.8 Å². The third-order valence-corrected chi connectivity index (χ3v) is 5.89. The minimum Gasteiger partial charge on any atom is -0.493 e. The Balaban J connectivity index is 2.12. The second kappa shape index (κ2) is 10.2. The Kier molecular flexibility index (Phi) is 7.67. The lowest BCUT2D eigenvalue weighted by molar-refractivity contribution is 0.324. The highest BCUT2D eigenvalue weighted by Crippen LogP contribution is 2.36. The van der Waals surface area contributed by atoms with E-state index in [4.69, 9.17) is 14.5 Å². The number of benzene rings is 2. The van der Waals surface area contributed by atoms with Gasteiger partial charge in [0.05, 0.1) is 28.7 Å². The van der Waals surface area contributed by atoms with E-state index in [-0.39, 0.29) is 11.5 Å². The van der Waals surface area contributed by atoms with Gasteiger partial charge in [0, 0.05) is 10.4 Å². The van der Waals surface area contributed by atoms with Crippen molar-refractivity contribution in [3.8, 4) is 11.5 Å². The number of hydrogen-bond donors (Lipinski definition) is 0. The summed E-state index contributed by atoms with van der Waals surface area (Å²) in [6.45, 7) is 8.11. The zero-order valence-electron chi connectivity index (χ0n) is 17.6. The maximum Gasteiger partial charge on any atom is 0.282 e. The predicted molar refractivity (Wildman–Crippen MR) is 132 cm³/mol. The molecular weight excluding hydrogens is 526 g/mol. The molecule has 3 rings (SSSR count). The van der Waals surface area contributed by atoms with Crippen molar-refractivity contribution in [3.63, 3.8) is 0 Å². The molecule has 0 unspecified atom stereocenters. The average molecular weight is 549 g/mol. The Morgan fingerprint density at radius 1 is 1.29 bits per heavy atom. The summed E-state index contributed by atoms with van der Waals surface area (Å²) >= 11 is 6.94. The fourth-order valence-corrected chi connectivity index (χ4v) is 3.94. The molecule has 1 heterocycles. The van der Waals surface area contributed by atoms with Gasteiger partial charge in [0.25, 0.3) is 5.56 Å². The van der Waals surface area contributed by atoms with Crippen molar-refractivity contribution in [2.75, 3.05) is 13.7 Å². The second-order valence-corrected chi connectivity index (χ2v) is 8.71. The molecule has 0 aliphatic heterocycles. The van der Waals surface area contributed by atoms with Crippen LogP contribution in [-0.2, 0) is 0 Å². The van der Waals surface area contributed by atoms with Gasteiger partial charge in [0.1, 0.15) is 12.4 Å². The smallest absolute Gasteiger partial charge is 0.282 e. The van der Waals surface area contributed by atoms with Crippen LogP contribution in [0.3, 0.4) is 0 Å². The molecule has 0 saturated heterocycles. The van der Waals surface area contributed by atoms with Crippen molar-refractivity contribution < 1.29 is 9.47 Å². The minimum atomic E-state index is -0.213. The van der Waals surface area contributed by atoms with E-state index in [9.17, 15) is 4.79 Å². The largest absolute Gasteiger partial charge is 0.493 e. The van der Waals surface area contributed by atoms with E-state index in [2.05, 4.69) is 50.5 Å². The van der Waals surface area contributed by atoms with Crippen LogP contribution < -0.4 is 15.0 Å². The Morgan fingerprint density at radius 2 is 2.06 bits per heavy atom. The summed E-state index contributed by atoms with van der Waals surface area (Å²) in [5.74, 6) is 1.81. The molecule has 8 heteroatoms. The highest BCUT2D eigenvalue weighted by Gasteiger charge is 2.16. The van der Waals surface area contributed by atoms with Gasteiger partial charge in [-0.1, -0.05) is 42.4 Å². The molecule has 3 aromatic rings. The predicted octanol–water partition coefficient (Wildman–Crippen LogP) is 5.89. The number of rotatable bonds is 8. The van der Waals surface area contributed by atoms with Crippen LogP contribution in [0.4, 0.5) is 0 Å². The highest BCUT2D eigenvalue weighted by molar-refractivity contribution is 9.10. The molecule has 0 bridgehead atoms. The molecule has 6 nitrogen and oxygen atoms in total. The Labute approximate surface area is 197 Å². The lowest BCUT2D eigenvalue weighted by atomic mass is 10.1. The van der Waals surface area contributed by atoms with Crippen molar-refractivity contribution in [2.45, 2.75) is 26.2 Å². The maximum atomic E-state index is 13.2. The van der Waals surface area contributed by atoms with Crippen LogP contribution in [-0.4, -0.2) is 29.6 Å². The quantitative estimate of drug-likeness (QED) is 0.260. The second-order valence-electron chi connectivity index (χ2n) is 6.94. The summed E-state index contributed by atoms with van der Waals surface area (Å²) in [7, 11) is 1.57. The SMILES string of the molecule is C=CCOc1c(Br)cc(C=Nn2c([C@@H](C)CC)nc3ccc(Br)cc3c2=O)cc1OC. The lowest BCUT2D eigenvalue weighted by Crippen LogP contribution is -2.23. The van der Waals surface area contributed by atoms with E-state index in [1.807, 2.05) is 25.1 Å². The van der Waals surface area contributed by atoms with E-state index in [1.165, 1.54) is 4.68 Å². The van der Waals surface area contributed by atoms with Gasteiger partial charge in [-0.2, -0.15) is 9.78 Å². The summed E-state index contributed by atoms with van der Waals surface area (Å²) in [6, 6.07) is 9.13. The first-order valence-electron chi connectivity index (χ1n) is 9.77. The topological polar surface area (TPSA) is 65.7 Å². The van der Waals surface area contributed by atoms with Gasteiger partial charge in [-0.25, -0.2) is 4.98 Å². The molecule has 0 aliphatic rings. The molecule has 1 atom stereocenters. The van der Waals surface area contributed by atoms with Crippen LogP contribution in [0.25, 0.3) is 10.9 Å². The molecule has 0 amide bonds. The first kappa shape index (κ1) is 23.2. The fourth-order valence-electron chi connectivity index (χ4n) is 3.00. The number of methoxy groups -OCH3 is 1. The van der Waals surface area contributed by atoms with Crippen molar-refractivity contribution >= 4 is 49.0 Å². The van der Waals surface area contributed by atoms with Crippen LogP contribution >= 0.6 is 31.9 Å². The van der Waals surface area contributed by atoms with Gasteiger partial charge in [0.15, 0.2) is 11.5 Å². The van der Waals surface area contributed by atoms with E-state index in [0.717, 1.165) is 16.5 Å². The standard InChI is InChI=1S/C23H23Br2N3O3/c1-5-9-31-21-18(25)10-15(11-20(21)30-4)13-26-28-22(14(3)6-2)27-19-8-7-16(24)12-17(19)23(28)29/h5,7-8,10-14H,1,6,9H2,2-4H3/t14-/m0/s1. The van der Waals surface area contributed by atoms with Gasteiger partial charge in [-0.05, 0) is 58.2 Å². The molecule has 0 fully saturated rings. The van der Waals surface area contributed by atoms with Crippen molar-refractivity contribution in [3.05, 3.63) is 73.7 Å². The number of hydrogen-bond acceptors (Lipinski definition) is 5. The van der Waals surface area contributed by atoms with Crippen LogP contribution in [0.5, 0.6) is 11.5 Å². The molecule has 0 spiro atoms. The number of aromatic nitrogens is 2. The van der Waals surface area contributed by atoms with Gasteiger partial charge < -0.3 is 9.47 Å². The number of ether oxygens (including phenoxy) is 2. The molecule has 0 N–H and O–H groups in total. The normalized spacial score (nSPS) is 12.3. The third-order valence-electron chi connectivity index (χ3n) is 4.81. The summed E-state index contributed by atoms with van der Waals surface area (Å²) in [5, 5.41) is 5.01. The maximum absolute atomic E-state index is 13.2. The first-order chi connectivity index (χ1) is 14.9. The molecule has 2 aromatic carbocycles. The van der Waals surface area contributed by atoms with Gasteiger partial charge in [0.2, 0.25) is 0 Å². The summed E-state index contributed by atoms with van der Waals surface area (Å²) in [4.78, 5) is 18.0. The fraction of sp³-hybridized carbons (Fsp3) is 0.261. The first-order valence-corrected chi connectivity index (χ1v) is 11.4. The van der Waals surface area contributed by atoms with E-state index in [0.29, 0.717) is 39.3 Å². The monoisotopic (exact) mass is 547 g/mol.